The third-order valence-electron chi connectivity index (χ3n) is 6.52. The molecule has 0 spiro atoms. The highest BCUT2D eigenvalue weighted by Crippen LogP contribution is 2.15. The summed E-state index contributed by atoms with van der Waals surface area (Å²) in [6.45, 7) is 10.7. The third-order valence-corrected chi connectivity index (χ3v) is 6.52. The van der Waals surface area contributed by atoms with E-state index in [0.717, 1.165) is 19.4 Å². The fourth-order valence-electron chi connectivity index (χ4n) is 4.18. The lowest BCUT2D eigenvalue weighted by atomic mass is 9.97. The summed E-state index contributed by atoms with van der Waals surface area (Å²) >= 11 is 0. The van der Waals surface area contributed by atoms with Crippen LogP contribution in [0, 0.1) is 5.53 Å². The first-order chi connectivity index (χ1) is 15.6. The molecule has 0 saturated carbocycles. The molecule has 0 heterocycles. The summed E-state index contributed by atoms with van der Waals surface area (Å²) in [7, 11) is 0. The van der Waals surface area contributed by atoms with Crippen LogP contribution in [0.15, 0.2) is 0 Å². The maximum Gasteiger partial charge on any atom is 0.240 e. The van der Waals surface area contributed by atoms with Crippen LogP contribution >= 0.6 is 0 Å². The van der Waals surface area contributed by atoms with Gasteiger partial charge in [0.15, 0.2) is 6.54 Å². The number of nitrogens with one attached hydrogen (secondary N) is 1. The molecule has 0 amide bonds. The molecule has 0 rings (SSSR count). The van der Waals surface area contributed by atoms with Gasteiger partial charge in [0, 0.05) is 20.4 Å². The maximum absolute atomic E-state index is 12.9. The standard InChI is InChI=1S/C27H56N3O3/c1-6-7-8-9-10-11-12-13-14-15-16-17-18-19-20-29(21-24(2)31)23-26(33)27(4,5)30(28)22-25(3)32/h24-25,28,31-32H,6-23H2,1-5H3/q+1. The number of unbranched alkanes of at least 4 members (excludes halogenated alkanes) is 13. The Morgan fingerprint density at radius 1 is 0.818 bits per heavy atom. The molecule has 0 aromatic rings. The number of carbonyl (C=O) groups is 1. The van der Waals surface area contributed by atoms with Crippen molar-refractivity contribution in [1.82, 2.24) is 4.90 Å². The van der Waals surface area contributed by atoms with Crippen molar-refractivity contribution in [2.75, 3.05) is 26.2 Å². The van der Waals surface area contributed by atoms with E-state index in [-0.39, 0.29) is 18.9 Å². The molecule has 0 saturated heterocycles. The van der Waals surface area contributed by atoms with E-state index in [2.05, 4.69) is 6.92 Å². The number of aliphatic hydroxyl groups excluding tert-OH is 2. The van der Waals surface area contributed by atoms with Crippen molar-refractivity contribution in [3.63, 3.8) is 0 Å². The van der Waals surface area contributed by atoms with E-state index in [0.29, 0.717) is 6.54 Å². The van der Waals surface area contributed by atoms with E-state index in [1.807, 2.05) is 4.90 Å². The van der Waals surface area contributed by atoms with Crippen molar-refractivity contribution < 1.29 is 19.7 Å². The molecular formula is C27H56N3O3+. The van der Waals surface area contributed by atoms with Crippen molar-refractivity contribution in [3.05, 3.63) is 0 Å². The normalized spacial score (nSPS) is 13.9. The first kappa shape index (κ1) is 32.1. The molecule has 0 aliphatic carbocycles. The van der Waals surface area contributed by atoms with E-state index in [1.165, 1.54) is 81.7 Å². The van der Waals surface area contributed by atoms with Crippen molar-refractivity contribution >= 4 is 5.78 Å². The Hall–Kier alpha value is -0.850. The van der Waals surface area contributed by atoms with Crippen LogP contribution in [0.3, 0.4) is 0 Å². The van der Waals surface area contributed by atoms with E-state index in [4.69, 9.17) is 5.53 Å². The Labute approximate surface area is 204 Å². The molecule has 0 aromatic carbocycles. The Balaban J connectivity index is 4.04. The van der Waals surface area contributed by atoms with Crippen LogP contribution in [-0.2, 0) is 4.79 Å². The maximum atomic E-state index is 12.9. The van der Waals surface area contributed by atoms with Crippen LogP contribution in [0.5, 0.6) is 0 Å². The third kappa shape index (κ3) is 17.3. The van der Waals surface area contributed by atoms with Gasteiger partial charge in [-0.3, -0.25) is 9.69 Å². The number of aliphatic hydroxyl groups is 2. The topological polar surface area (TPSA) is 87.6 Å². The van der Waals surface area contributed by atoms with E-state index < -0.39 is 17.7 Å². The minimum absolute atomic E-state index is 0.0517. The molecule has 2 atom stereocenters. The number of Topliss-reactive ketones (excluding diaryl/α,β-unsaturated/α-hetero) is 1. The lowest BCUT2D eigenvalue weighted by Crippen LogP contribution is -2.50. The average Bonchev–Trinajstić information content (AvgIpc) is 2.72. The van der Waals surface area contributed by atoms with Gasteiger partial charge in [0.05, 0.1) is 12.6 Å². The number of hydrogen-bond donors (Lipinski definition) is 3. The van der Waals surface area contributed by atoms with Crippen LogP contribution in [0.1, 0.15) is 125 Å². The van der Waals surface area contributed by atoms with Gasteiger partial charge in [-0.1, -0.05) is 95.9 Å². The first-order valence-corrected chi connectivity index (χ1v) is 13.7. The highest BCUT2D eigenvalue weighted by Gasteiger charge is 2.40. The summed E-state index contributed by atoms with van der Waals surface area (Å²) in [5, 5.41) is 19.4. The minimum Gasteiger partial charge on any atom is -0.392 e. The molecule has 6 heteroatoms. The van der Waals surface area contributed by atoms with Gasteiger partial charge >= 0.3 is 0 Å². The van der Waals surface area contributed by atoms with Crippen LogP contribution < -0.4 is 0 Å². The number of ketones is 1. The van der Waals surface area contributed by atoms with Crippen molar-refractivity contribution in [1.29, 1.82) is 5.53 Å². The summed E-state index contributed by atoms with van der Waals surface area (Å²) in [4.78, 5) is 14.9. The molecule has 0 aromatic heterocycles. The van der Waals surface area contributed by atoms with Crippen molar-refractivity contribution in [2.45, 2.75) is 142 Å². The molecule has 0 fully saturated rings. The minimum atomic E-state index is -0.969. The summed E-state index contributed by atoms with van der Waals surface area (Å²) in [5.74, 6) is -0.0517. The van der Waals surface area contributed by atoms with Gasteiger partial charge in [0.2, 0.25) is 11.3 Å². The zero-order valence-corrected chi connectivity index (χ0v) is 22.6. The van der Waals surface area contributed by atoms with Gasteiger partial charge in [-0.25, -0.2) is 0 Å². The molecule has 0 radical (unpaired) electrons. The van der Waals surface area contributed by atoms with Crippen LogP contribution in [-0.4, -0.2) is 69.5 Å². The fraction of sp³-hybridized carbons (Fsp3) is 0.963. The Morgan fingerprint density at radius 2 is 1.24 bits per heavy atom. The number of nitrogens with zero attached hydrogens (tertiary/aromatic N) is 2. The van der Waals surface area contributed by atoms with Crippen LogP contribution in [0.2, 0.25) is 0 Å². The van der Waals surface area contributed by atoms with Gasteiger partial charge in [-0.15, -0.1) is 4.70 Å². The lowest BCUT2D eigenvalue weighted by molar-refractivity contribution is -0.669. The van der Waals surface area contributed by atoms with E-state index in [9.17, 15) is 15.0 Å². The zero-order valence-electron chi connectivity index (χ0n) is 22.6. The van der Waals surface area contributed by atoms with Gasteiger partial charge in [-0.05, 0) is 26.8 Å². The number of carbonyl (C=O) groups excluding carboxylic acids is 1. The second-order valence-electron chi connectivity index (χ2n) is 10.6. The molecule has 3 N–H and O–H groups in total. The Morgan fingerprint density at radius 3 is 1.64 bits per heavy atom. The van der Waals surface area contributed by atoms with Crippen LogP contribution in [0.25, 0.3) is 0 Å². The van der Waals surface area contributed by atoms with Gasteiger partial charge in [-0.2, -0.15) is 0 Å². The number of rotatable bonds is 23. The monoisotopic (exact) mass is 470 g/mol. The quantitative estimate of drug-likeness (QED) is 0.0982. The predicted molar refractivity (Wildman–Crippen MR) is 137 cm³/mol. The van der Waals surface area contributed by atoms with Gasteiger partial charge in [0.1, 0.15) is 6.10 Å². The van der Waals surface area contributed by atoms with E-state index >= 15 is 0 Å². The molecular weight excluding hydrogens is 414 g/mol. The zero-order chi connectivity index (χ0) is 25.1. The summed E-state index contributed by atoms with van der Waals surface area (Å²) in [5.41, 5.74) is 7.16. The van der Waals surface area contributed by atoms with Crippen molar-refractivity contribution in [3.8, 4) is 0 Å². The average molecular weight is 471 g/mol. The highest BCUT2D eigenvalue weighted by molar-refractivity contribution is 5.87. The number of β-amino-alcohol motifs (C(OH)–C–C–N with tert-alkyl or cyclic N) is 1. The van der Waals surface area contributed by atoms with E-state index in [1.54, 1.807) is 27.7 Å². The number of hydrogen-bond acceptors (Lipinski definition) is 5. The van der Waals surface area contributed by atoms with Crippen LogP contribution in [0.4, 0.5) is 0 Å². The largest absolute Gasteiger partial charge is 0.392 e. The second-order valence-corrected chi connectivity index (χ2v) is 10.6. The second kappa shape index (κ2) is 19.5. The molecule has 196 valence electrons. The van der Waals surface area contributed by atoms with Gasteiger partial charge in [0.25, 0.3) is 0 Å². The predicted octanol–water partition coefficient (Wildman–Crippen LogP) is 5.92. The molecule has 0 bridgehead atoms. The van der Waals surface area contributed by atoms with Crippen molar-refractivity contribution in [2.24, 2.45) is 0 Å². The molecule has 6 nitrogen and oxygen atoms in total. The lowest BCUT2D eigenvalue weighted by Gasteiger charge is -2.26. The fourth-order valence-corrected chi connectivity index (χ4v) is 4.18. The molecule has 2 unspecified atom stereocenters. The Bertz CT molecular complexity index is 507. The van der Waals surface area contributed by atoms with Gasteiger partial charge < -0.3 is 10.2 Å². The molecule has 33 heavy (non-hydrogen) atoms. The summed E-state index contributed by atoms with van der Waals surface area (Å²) in [6, 6.07) is 0. The smallest absolute Gasteiger partial charge is 0.240 e. The highest BCUT2D eigenvalue weighted by atomic mass is 16.3. The SMILES string of the molecule is CCCCCCCCCCCCCCCCN(CC(=O)C(C)(C)[N+](=N)CC(C)O)CC(C)O. The Kier molecular flexibility index (Phi) is 19.0. The molecule has 0 aliphatic rings. The summed E-state index contributed by atoms with van der Waals surface area (Å²) in [6.07, 6.45) is 17.3. The first-order valence-electron chi connectivity index (χ1n) is 13.7. The summed E-state index contributed by atoms with van der Waals surface area (Å²) < 4.78 is 1.17. The molecule has 0 aliphatic heterocycles.